The predicted octanol–water partition coefficient (Wildman–Crippen LogP) is 3.29. The number of aliphatic imine (C=N–C) groups is 1. The first-order chi connectivity index (χ1) is 11.8. The molecule has 0 saturated carbocycles. The molecule has 2 fully saturated rings. The van der Waals surface area contributed by atoms with Crippen molar-refractivity contribution in [2.75, 3.05) is 39.3 Å². The van der Waals surface area contributed by atoms with E-state index < -0.39 is 0 Å². The Bertz CT molecular complexity index is 537. The average molecular weight is 456 g/mol. The summed E-state index contributed by atoms with van der Waals surface area (Å²) >= 11 is 0. The minimum absolute atomic E-state index is 0. The van der Waals surface area contributed by atoms with Crippen LogP contribution < -0.4 is 5.32 Å². The van der Waals surface area contributed by atoms with Gasteiger partial charge in [-0.15, -0.1) is 24.0 Å². The lowest BCUT2D eigenvalue weighted by Gasteiger charge is -2.25. The first kappa shape index (κ1) is 20.5. The summed E-state index contributed by atoms with van der Waals surface area (Å²) in [7, 11) is 0. The van der Waals surface area contributed by atoms with E-state index in [9.17, 15) is 0 Å². The fourth-order valence-electron chi connectivity index (χ4n) is 3.81. The molecule has 140 valence electrons. The Hall–Kier alpha value is -0.820. The number of benzene rings is 1. The van der Waals surface area contributed by atoms with Crippen LogP contribution in [0, 0.1) is 6.92 Å². The van der Waals surface area contributed by atoms with E-state index in [1.165, 1.54) is 43.5 Å². The second kappa shape index (κ2) is 10.4. The number of likely N-dealkylation sites (tertiary alicyclic amines) is 2. The number of aryl methyl sites for hydroxylation is 1. The van der Waals surface area contributed by atoms with E-state index in [0.29, 0.717) is 0 Å². The molecule has 1 N–H and O–H groups in total. The van der Waals surface area contributed by atoms with Crippen LogP contribution in [0.3, 0.4) is 0 Å². The summed E-state index contributed by atoms with van der Waals surface area (Å²) in [5.74, 6) is 1.10. The average Bonchev–Trinajstić information content (AvgIpc) is 3.27. The van der Waals surface area contributed by atoms with Gasteiger partial charge in [-0.3, -0.25) is 9.89 Å². The SMILES string of the molecule is CCNC(=NCCc1ccc(C)cc1)N1CCC(N2CCCC2)C1.I. The third-order valence-corrected chi connectivity index (χ3v) is 5.24. The fraction of sp³-hybridized carbons (Fsp3) is 0.650. The van der Waals surface area contributed by atoms with Gasteiger partial charge in [0.2, 0.25) is 0 Å². The lowest BCUT2D eigenvalue weighted by atomic mass is 10.1. The van der Waals surface area contributed by atoms with Gasteiger partial charge in [0.15, 0.2) is 5.96 Å². The molecule has 1 unspecified atom stereocenters. The molecule has 0 aromatic heterocycles. The van der Waals surface area contributed by atoms with Crippen molar-refractivity contribution < 1.29 is 0 Å². The van der Waals surface area contributed by atoms with Gasteiger partial charge in [0.25, 0.3) is 0 Å². The molecule has 0 amide bonds. The first-order valence-corrected chi connectivity index (χ1v) is 9.59. The van der Waals surface area contributed by atoms with Crippen LogP contribution in [0.1, 0.15) is 37.3 Å². The Morgan fingerprint density at radius 3 is 2.56 bits per heavy atom. The van der Waals surface area contributed by atoms with Gasteiger partial charge in [0.05, 0.1) is 0 Å². The number of hydrogen-bond acceptors (Lipinski definition) is 2. The molecule has 1 atom stereocenters. The van der Waals surface area contributed by atoms with Crippen molar-refractivity contribution in [3.63, 3.8) is 0 Å². The smallest absolute Gasteiger partial charge is 0.193 e. The lowest BCUT2D eigenvalue weighted by molar-refractivity contribution is 0.249. The predicted molar refractivity (Wildman–Crippen MR) is 117 cm³/mol. The highest BCUT2D eigenvalue weighted by atomic mass is 127. The molecule has 3 rings (SSSR count). The van der Waals surface area contributed by atoms with Crippen molar-refractivity contribution >= 4 is 29.9 Å². The zero-order chi connectivity index (χ0) is 16.8. The largest absolute Gasteiger partial charge is 0.357 e. The number of halogens is 1. The topological polar surface area (TPSA) is 30.9 Å². The van der Waals surface area contributed by atoms with Crippen molar-refractivity contribution in [2.45, 2.75) is 45.6 Å². The molecule has 0 bridgehead atoms. The molecule has 1 aromatic carbocycles. The van der Waals surface area contributed by atoms with Gasteiger partial charge in [-0.2, -0.15) is 0 Å². The molecule has 5 heteroatoms. The van der Waals surface area contributed by atoms with Crippen LogP contribution in [0.25, 0.3) is 0 Å². The first-order valence-electron chi connectivity index (χ1n) is 9.59. The minimum Gasteiger partial charge on any atom is -0.357 e. The van der Waals surface area contributed by atoms with E-state index in [0.717, 1.165) is 44.6 Å². The van der Waals surface area contributed by atoms with Gasteiger partial charge in [0.1, 0.15) is 0 Å². The second-order valence-corrected chi connectivity index (χ2v) is 7.10. The van der Waals surface area contributed by atoms with Gasteiger partial charge in [-0.05, 0) is 58.2 Å². The van der Waals surface area contributed by atoms with Crippen LogP contribution >= 0.6 is 24.0 Å². The van der Waals surface area contributed by atoms with E-state index in [-0.39, 0.29) is 24.0 Å². The Morgan fingerprint density at radius 1 is 1.16 bits per heavy atom. The summed E-state index contributed by atoms with van der Waals surface area (Å²) in [5.41, 5.74) is 2.69. The molecule has 4 nitrogen and oxygen atoms in total. The van der Waals surface area contributed by atoms with Crippen molar-refractivity contribution in [3.05, 3.63) is 35.4 Å². The van der Waals surface area contributed by atoms with Crippen molar-refractivity contribution in [1.29, 1.82) is 0 Å². The van der Waals surface area contributed by atoms with Crippen molar-refractivity contribution in [2.24, 2.45) is 4.99 Å². The molecule has 1 aromatic rings. The third kappa shape index (κ3) is 5.84. The van der Waals surface area contributed by atoms with E-state index in [1.54, 1.807) is 0 Å². The molecule has 2 heterocycles. The molecular formula is C20H33IN4. The van der Waals surface area contributed by atoms with E-state index in [2.05, 4.69) is 53.2 Å². The van der Waals surface area contributed by atoms with Gasteiger partial charge >= 0.3 is 0 Å². The number of nitrogens with zero attached hydrogens (tertiary/aromatic N) is 3. The molecular weight excluding hydrogens is 423 g/mol. The van der Waals surface area contributed by atoms with Crippen molar-refractivity contribution in [3.8, 4) is 0 Å². The summed E-state index contributed by atoms with van der Waals surface area (Å²) in [6, 6.07) is 9.54. The monoisotopic (exact) mass is 456 g/mol. The van der Waals surface area contributed by atoms with Gasteiger partial charge < -0.3 is 10.2 Å². The van der Waals surface area contributed by atoms with Crippen LogP contribution in [0.15, 0.2) is 29.3 Å². The second-order valence-electron chi connectivity index (χ2n) is 7.10. The summed E-state index contributed by atoms with van der Waals surface area (Å²) in [6.45, 7) is 10.9. The van der Waals surface area contributed by atoms with E-state index in [1.807, 2.05) is 0 Å². The Kier molecular flexibility index (Phi) is 8.49. The number of hydrogen-bond donors (Lipinski definition) is 1. The van der Waals surface area contributed by atoms with Crippen LogP contribution in [-0.2, 0) is 6.42 Å². The van der Waals surface area contributed by atoms with Crippen LogP contribution in [-0.4, -0.2) is 61.1 Å². The molecule has 0 spiro atoms. The molecule has 2 saturated heterocycles. The quantitative estimate of drug-likeness (QED) is 0.419. The summed E-state index contributed by atoms with van der Waals surface area (Å²) in [4.78, 5) is 10.0. The zero-order valence-electron chi connectivity index (χ0n) is 15.7. The maximum absolute atomic E-state index is 4.89. The summed E-state index contributed by atoms with van der Waals surface area (Å²) in [5, 5.41) is 3.49. The minimum atomic E-state index is 0. The number of guanidine groups is 1. The van der Waals surface area contributed by atoms with E-state index >= 15 is 0 Å². The van der Waals surface area contributed by atoms with Gasteiger partial charge in [-0.1, -0.05) is 29.8 Å². The molecule has 2 aliphatic heterocycles. The summed E-state index contributed by atoms with van der Waals surface area (Å²) in [6.07, 6.45) is 5.04. The van der Waals surface area contributed by atoms with Gasteiger partial charge in [0, 0.05) is 32.2 Å². The summed E-state index contributed by atoms with van der Waals surface area (Å²) < 4.78 is 0. The molecule has 2 aliphatic rings. The highest BCUT2D eigenvalue weighted by molar-refractivity contribution is 14.0. The zero-order valence-corrected chi connectivity index (χ0v) is 18.0. The van der Waals surface area contributed by atoms with E-state index in [4.69, 9.17) is 4.99 Å². The molecule has 25 heavy (non-hydrogen) atoms. The normalized spacial score (nSPS) is 21.4. The molecule has 0 aliphatic carbocycles. The Labute approximate surface area is 170 Å². The van der Waals surface area contributed by atoms with Crippen LogP contribution in [0.4, 0.5) is 0 Å². The lowest BCUT2D eigenvalue weighted by Crippen LogP contribution is -2.42. The maximum Gasteiger partial charge on any atom is 0.193 e. The van der Waals surface area contributed by atoms with Crippen LogP contribution in [0.5, 0.6) is 0 Å². The standard InChI is InChI=1S/C20H32N4.HI/c1-3-21-20(22-12-10-18-8-6-17(2)7-9-18)24-15-11-19(16-24)23-13-4-5-14-23;/h6-9,19H,3-5,10-16H2,1-2H3,(H,21,22);1H. The van der Waals surface area contributed by atoms with Gasteiger partial charge in [-0.25, -0.2) is 0 Å². The number of rotatable bonds is 5. The highest BCUT2D eigenvalue weighted by Gasteiger charge is 2.30. The maximum atomic E-state index is 4.89. The van der Waals surface area contributed by atoms with Crippen molar-refractivity contribution in [1.82, 2.24) is 15.1 Å². The Balaban J connectivity index is 0.00000225. The fourth-order valence-corrected chi connectivity index (χ4v) is 3.81. The third-order valence-electron chi connectivity index (χ3n) is 5.24. The number of nitrogens with one attached hydrogen (secondary N) is 1. The Morgan fingerprint density at radius 2 is 1.88 bits per heavy atom. The van der Waals surface area contributed by atoms with Crippen LogP contribution in [0.2, 0.25) is 0 Å². The molecule has 0 radical (unpaired) electrons. The highest BCUT2D eigenvalue weighted by Crippen LogP contribution is 2.20.